The van der Waals surface area contributed by atoms with Gasteiger partial charge in [0.25, 0.3) is 0 Å². The van der Waals surface area contributed by atoms with Crippen LogP contribution in [0.1, 0.15) is 129 Å². The minimum atomic E-state index is -0.803. The predicted octanol–water partition coefficient (Wildman–Crippen LogP) is 10.4. The summed E-state index contributed by atoms with van der Waals surface area (Å²) in [6, 6.07) is 0. The van der Waals surface area contributed by atoms with Crippen molar-refractivity contribution in [2.45, 2.75) is 136 Å². The van der Waals surface area contributed by atoms with E-state index in [1.54, 1.807) is 0 Å². The van der Waals surface area contributed by atoms with Gasteiger partial charge in [-0.15, -0.1) is 0 Å². The lowest BCUT2D eigenvalue weighted by Crippen LogP contribution is -2.28. The van der Waals surface area contributed by atoms with Gasteiger partial charge in [-0.3, -0.25) is 9.59 Å². The van der Waals surface area contributed by atoms with Gasteiger partial charge in [-0.05, 0) is 83.5 Å². The fraction of sp³-hybridized carbons (Fsp3) is 0.590. The van der Waals surface area contributed by atoms with Crippen molar-refractivity contribution in [3.8, 4) is 0 Å². The topological polar surface area (TPSA) is 72.8 Å². The molecule has 248 valence electrons. The second kappa shape index (κ2) is 34.6. The van der Waals surface area contributed by atoms with Crippen LogP contribution in [0.3, 0.4) is 0 Å². The summed E-state index contributed by atoms with van der Waals surface area (Å²) >= 11 is 0. The number of aliphatic hydroxyl groups is 1. The molecule has 5 heteroatoms. The van der Waals surface area contributed by atoms with Gasteiger partial charge in [-0.1, -0.05) is 118 Å². The van der Waals surface area contributed by atoms with Gasteiger partial charge < -0.3 is 14.6 Å². The van der Waals surface area contributed by atoms with Crippen molar-refractivity contribution in [2.24, 2.45) is 0 Å². The molecular weight excluding hydrogens is 548 g/mol. The van der Waals surface area contributed by atoms with Crippen LogP contribution in [0.25, 0.3) is 0 Å². The van der Waals surface area contributed by atoms with Crippen molar-refractivity contribution in [3.63, 3.8) is 0 Å². The van der Waals surface area contributed by atoms with Gasteiger partial charge in [0, 0.05) is 12.8 Å². The Balaban J connectivity index is 3.73. The van der Waals surface area contributed by atoms with Crippen LogP contribution < -0.4 is 0 Å². The van der Waals surface area contributed by atoms with Crippen molar-refractivity contribution in [1.29, 1.82) is 0 Å². The number of carbonyl (C=O) groups is 2. The fourth-order valence-electron chi connectivity index (χ4n) is 4.14. The standard InChI is InChI=1S/C39H62O5/c1-3-5-7-9-11-13-15-17-19-21-23-25-27-29-31-33-38(41)43-36-37(35-40)44-39(42)34-32-30-28-26-24-22-20-18-16-14-12-10-8-6-4-2/h5-8,11-14,17-20,24,26,37,40H,3-4,9-10,15-16,21-23,25,27-36H2,1-2H3/b7-5+,8-6+,13-11+,14-12+,19-17+,20-18+,26-24+/t37-/m0/s1. The highest BCUT2D eigenvalue weighted by Gasteiger charge is 2.15. The number of allylic oxidation sites excluding steroid dienone is 14. The number of aliphatic hydroxyl groups excluding tert-OH is 1. The van der Waals surface area contributed by atoms with Crippen LogP contribution in [0.2, 0.25) is 0 Å². The van der Waals surface area contributed by atoms with Gasteiger partial charge >= 0.3 is 11.9 Å². The highest BCUT2D eigenvalue weighted by Crippen LogP contribution is 2.10. The zero-order valence-corrected chi connectivity index (χ0v) is 27.9. The molecule has 0 aliphatic heterocycles. The second-order valence-corrected chi connectivity index (χ2v) is 10.8. The maximum atomic E-state index is 12.1. The minimum absolute atomic E-state index is 0.0972. The SMILES string of the molecule is CC/C=C/C/C=C/C/C=C/C/C=C/CCCCC(=O)O[C@@H](CO)COC(=O)CCCCCCC/C=C/C/C=C/C/C=C/CC. The Morgan fingerprint density at radius 1 is 0.523 bits per heavy atom. The molecule has 0 aliphatic rings. The van der Waals surface area contributed by atoms with Gasteiger partial charge in [-0.25, -0.2) is 0 Å². The van der Waals surface area contributed by atoms with Gasteiger partial charge in [-0.2, -0.15) is 0 Å². The molecule has 0 heterocycles. The third-order valence-electron chi connectivity index (χ3n) is 6.68. The Morgan fingerprint density at radius 2 is 0.909 bits per heavy atom. The zero-order chi connectivity index (χ0) is 32.2. The molecule has 1 N–H and O–H groups in total. The van der Waals surface area contributed by atoms with Crippen LogP contribution >= 0.6 is 0 Å². The van der Waals surface area contributed by atoms with Crippen LogP contribution in [-0.2, 0) is 19.1 Å². The van der Waals surface area contributed by atoms with Gasteiger partial charge in [0.1, 0.15) is 6.61 Å². The average Bonchev–Trinajstić information content (AvgIpc) is 3.02. The summed E-state index contributed by atoms with van der Waals surface area (Å²) in [6.07, 6.45) is 46.4. The number of rotatable bonds is 29. The molecule has 0 amide bonds. The van der Waals surface area contributed by atoms with Crippen molar-refractivity contribution in [1.82, 2.24) is 0 Å². The van der Waals surface area contributed by atoms with Crippen LogP contribution in [0.5, 0.6) is 0 Å². The summed E-state index contributed by atoms with van der Waals surface area (Å²) in [7, 11) is 0. The molecule has 0 radical (unpaired) electrons. The lowest BCUT2D eigenvalue weighted by atomic mass is 10.1. The quantitative estimate of drug-likeness (QED) is 0.0518. The Bertz CT molecular complexity index is 875. The van der Waals surface area contributed by atoms with Gasteiger partial charge in [0.15, 0.2) is 6.10 Å². The largest absolute Gasteiger partial charge is 0.462 e. The first-order valence-electron chi connectivity index (χ1n) is 17.1. The lowest BCUT2D eigenvalue weighted by Gasteiger charge is -2.15. The third kappa shape index (κ3) is 32.0. The summed E-state index contributed by atoms with van der Waals surface area (Å²) in [6.45, 7) is 3.83. The number of ether oxygens (including phenoxy) is 2. The monoisotopic (exact) mass is 610 g/mol. The fourth-order valence-corrected chi connectivity index (χ4v) is 4.14. The van der Waals surface area contributed by atoms with Crippen molar-refractivity contribution >= 4 is 11.9 Å². The van der Waals surface area contributed by atoms with Gasteiger partial charge in [0.05, 0.1) is 6.61 Å². The van der Waals surface area contributed by atoms with Crippen LogP contribution in [0.15, 0.2) is 85.1 Å². The van der Waals surface area contributed by atoms with E-state index < -0.39 is 6.10 Å². The Kier molecular flexibility index (Phi) is 32.3. The molecule has 1 atom stereocenters. The number of esters is 2. The zero-order valence-electron chi connectivity index (χ0n) is 27.9. The molecule has 0 unspecified atom stereocenters. The first kappa shape index (κ1) is 41.1. The molecule has 0 aromatic carbocycles. The number of unbranched alkanes of at least 4 members (excludes halogenated alkanes) is 7. The van der Waals surface area contributed by atoms with Crippen LogP contribution in [-0.4, -0.2) is 36.4 Å². The van der Waals surface area contributed by atoms with E-state index in [4.69, 9.17) is 9.47 Å². The normalized spacial score (nSPS) is 13.2. The first-order chi connectivity index (χ1) is 21.6. The van der Waals surface area contributed by atoms with Crippen molar-refractivity contribution in [2.75, 3.05) is 13.2 Å². The van der Waals surface area contributed by atoms with E-state index in [2.05, 4.69) is 98.9 Å². The average molecular weight is 611 g/mol. The maximum Gasteiger partial charge on any atom is 0.306 e. The molecule has 0 saturated heterocycles. The molecule has 44 heavy (non-hydrogen) atoms. The minimum Gasteiger partial charge on any atom is -0.462 e. The summed E-state index contributed by atoms with van der Waals surface area (Å²) in [5.41, 5.74) is 0. The molecule has 5 nitrogen and oxygen atoms in total. The molecule has 0 saturated carbocycles. The Morgan fingerprint density at radius 3 is 1.41 bits per heavy atom. The van der Waals surface area contributed by atoms with E-state index in [0.29, 0.717) is 12.8 Å². The Hall–Kier alpha value is -2.92. The Labute approximate surface area is 269 Å². The molecule has 0 spiro atoms. The molecule has 0 bridgehead atoms. The maximum absolute atomic E-state index is 12.1. The number of hydrogen-bond donors (Lipinski definition) is 1. The van der Waals surface area contributed by atoms with E-state index >= 15 is 0 Å². The second-order valence-electron chi connectivity index (χ2n) is 10.8. The summed E-state index contributed by atoms with van der Waals surface area (Å²) in [5.74, 6) is -0.671. The van der Waals surface area contributed by atoms with E-state index in [9.17, 15) is 14.7 Å². The third-order valence-corrected chi connectivity index (χ3v) is 6.68. The molecule has 0 rings (SSSR count). The van der Waals surface area contributed by atoms with E-state index in [-0.39, 0.29) is 25.2 Å². The summed E-state index contributed by atoms with van der Waals surface area (Å²) in [5, 5.41) is 9.51. The van der Waals surface area contributed by atoms with Crippen molar-refractivity contribution < 1.29 is 24.2 Å². The highest BCUT2D eigenvalue weighted by molar-refractivity contribution is 5.70. The molecule has 0 aliphatic carbocycles. The van der Waals surface area contributed by atoms with E-state index in [1.165, 1.54) is 0 Å². The summed E-state index contributed by atoms with van der Waals surface area (Å²) in [4.78, 5) is 24.1. The van der Waals surface area contributed by atoms with Crippen molar-refractivity contribution in [3.05, 3.63) is 85.1 Å². The highest BCUT2D eigenvalue weighted by atomic mass is 16.6. The molecular formula is C39H62O5. The van der Waals surface area contributed by atoms with Gasteiger partial charge in [0.2, 0.25) is 0 Å². The molecule has 0 fully saturated rings. The van der Waals surface area contributed by atoms with Crippen LogP contribution in [0.4, 0.5) is 0 Å². The smallest absolute Gasteiger partial charge is 0.306 e. The van der Waals surface area contributed by atoms with E-state index in [0.717, 1.165) is 103 Å². The predicted molar refractivity (Wildman–Crippen MR) is 186 cm³/mol. The lowest BCUT2D eigenvalue weighted by molar-refractivity contribution is -0.161. The number of hydrogen-bond acceptors (Lipinski definition) is 5. The van der Waals surface area contributed by atoms with E-state index in [1.807, 2.05) is 0 Å². The van der Waals surface area contributed by atoms with Crippen LogP contribution in [0, 0.1) is 0 Å². The molecule has 0 aromatic heterocycles. The number of carbonyl (C=O) groups excluding carboxylic acids is 2. The summed E-state index contributed by atoms with van der Waals surface area (Å²) < 4.78 is 10.5. The first-order valence-corrected chi connectivity index (χ1v) is 17.1. The molecule has 0 aromatic rings.